The summed E-state index contributed by atoms with van der Waals surface area (Å²) in [7, 11) is 0. The van der Waals surface area contributed by atoms with Crippen molar-refractivity contribution < 1.29 is 0 Å². The lowest BCUT2D eigenvalue weighted by atomic mass is 10.2. The fraction of sp³-hybridized carbons (Fsp3) is 0.400. The van der Waals surface area contributed by atoms with E-state index in [0.717, 1.165) is 15.4 Å². The molecule has 1 saturated heterocycles. The molecule has 0 N–H and O–H groups in total. The minimum absolute atomic E-state index is 0.577. The number of nitrogens with zero attached hydrogens (tertiary/aromatic N) is 1. The van der Waals surface area contributed by atoms with Crippen molar-refractivity contribution in [1.82, 2.24) is 4.98 Å². The number of halogens is 1. The predicted octanol–water partition coefficient (Wildman–Crippen LogP) is 5.87. The normalized spacial score (nSPS) is 22.9. The molecule has 1 nitrogen and oxygen atoms in total. The Morgan fingerprint density at radius 3 is 2.70 bits per heavy atom. The molecule has 0 saturated carbocycles. The molecule has 3 rings (SSSR count). The van der Waals surface area contributed by atoms with Gasteiger partial charge in [0.25, 0.3) is 0 Å². The Labute approximate surface area is 141 Å². The van der Waals surface area contributed by atoms with Gasteiger partial charge in [-0.25, -0.2) is 4.98 Å². The highest BCUT2D eigenvalue weighted by molar-refractivity contribution is 9.10. The Morgan fingerprint density at radius 1 is 1.20 bits per heavy atom. The third-order valence-electron chi connectivity index (χ3n) is 3.36. The minimum Gasteiger partial charge on any atom is -0.240 e. The lowest BCUT2D eigenvalue weighted by Crippen LogP contribution is -2.18. The molecular formula is C15H16BrNS3. The zero-order valence-corrected chi connectivity index (χ0v) is 15.2. The number of hydrogen-bond donors (Lipinski definition) is 0. The first-order valence-corrected chi connectivity index (χ1v) is 10.5. The molecule has 2 atom stereocenters. The molecular weight excluding hydrogens is 370 g/mol. The van der Waals surface area contributed by atoms with Gasteiger partial charge in [0.1, 0.15) is 5.01 Å². The van der Waals surface area contributed by atoms with Crippen LogP contribution < -0.4 is 0 Å². The van der Waals surface area contributed by atoms with E-state index in [4.69, 9.17) is 4.98 Å². The molecule has 1 aliphatic rings. The molecule has 2 aromatic rings. The van der Waals surface area contributed by atoms with Gasteiger partial charge in [-0.2, -0.15) is 11.8 Å². The van der Waals surface area contributed by atoms with E-state index in [1.165, 1.54) is 28.5 Å². The third kappa shape index (κ3) is 3.26. The smallest absolute Gasteiger partial charge is 0.107 e. The summed E-state index contributed by atoms with van der Waals surface area (Å²) < 4.78 is 1.11. The van der Waals surface area contributed by atoms with Crippen LogP contribution in [-0.2, 0) is 0 Å². The van der Waals surface area contributed by atoms with Crippen molar-refractivity contribution in [2.45, 2.75) is 23.8 Å². The SMILES string of the molecule is CCC1SCCSC1c1nc(-c2ccc(Br)cc2)cs1. The van der Waals surface area contributed by atoms with E-state index >= 15 is 0 Å². The Morgan fingerprint density at radius 2 is 1.95 bits per heavy atom. The minimum atomic E-state index is 0.577. The standard InChI is InChI=1S/C15H16BrNS3/c1-2-13-14(19-8-7-18-13)15-17-12(9-20-15)10-3-5-11(16)6-4-10/h3-6,9,13-14H,2,7-8H2,1H3. The van der Waals surface area contributed by atoms with Crippen LogP contribution in [0, 0.1) is 0 Å². The van der Waals surface area contributed by atoms with E-state index in [2.05, 4.69) is 76.0 Å². The highest BCUT2D eigenvalue weighted by Gasteiger charge is 2.28. The molecule has 0 bridgehead atoms. The summed E-state index contributed by atoms with van der Waals surface area (Å²) in [5.74, 6) is 2.53. The topological polar surface area (TPSA) is 12.9 Å². The number of hydrogen-bond acceptors (Lipinski definition) is 4. The molecule has 5 heteroatoms. The Kier molecular flexibility index (Phi) is 5.13. The monoisotopic (exact) mass is 385 g/mol. The Bertz CT molecular complexity index is 567. The van der Waals surface area contributed by atoms with Crippen molar-refractivity contribution in [2.75, 3.05) is 11.5 Å². The van der Waals surface area contributed by atoms with E-state index < -0.39 is 0 Å². The maximum absolute atomic E-state index is 4.90. The average molecular weight is 386 g/mol. The van der Waals surface area contributed by atoms with E-state index in [-0.39, 0.29) is 0 Å². The number of rotatable bonds is 3. The number of benzene rings is 1. The summed E-state index contributed by atoms with van der Waals surface area (Å²) in [6, 6.07) is 8.41. The van der Waals surface area contributed by atoms with Crippen LogP contribution in [0.4, 0.5) is 0 Å². The average Bonchev–Trinajstić information content (AvgIpc) is 2.97. The van der Waals surface area contributed by atoms with Crippen LogP contribution in [-0.4, -0.2) is 21.7 Å². The molecule has 1 aliphatic heterocycles. The van der Waals surface area contributed by atoms with Crippen molar-refractivity contribution in [3.05, 3.63) is 39.1 Å². The molecule has 106 valence electrons. The lowest BCUT2D eigenvalue weighted by Gasteiger charge is -2.28. The first kappa shape index (κ1) is 14.9. The molecule has 0 radical (unpaired) electrons. The van der Waals surface area contributed by atoms with E-state index in [0.29, 0.717) is 5.25 Å². The molecule has 0 amide bonds. The summed E-state index contributed by atoms with van der Waals surface area (Å²) in [5, 5.41) is 4.79. The molecule has 2 unspecified atom stereocenters. The first-order valence-electron chi connectivity index (χ1n) is 6.72. The Balaban J connectivity index is 1.84. The van der Waals surface area contributed by atoms with Crippen LogP contribution in [0.2, 0.25) is 0 Å². The molecule has 0 spiro atoms. The van der Waals surface area contributed by atoms with Crippen LogP contribution in [0.1, 0.15) is 23.6 Å². The number of thiazole rings is 1. The van der Waals surface area contributed by atoms with Crippen molar-refractivity contribution in [2.24, 2.45) is 0 Å². The molecule has 2 heterocycles. The van der Waals surface area contributed by atoms with Gasteiger partial charge in [0, 0.05) is 32.2 Å². The molecule has 20 heavy (non-hydrogen) atoms. The second kappa shape index (κ2) is 6.86. The molecule has 1 fully saturated rings. The van der Waals surface area contributed by atoms with Crippen LogP contribution in [0.15, 0.2) is 34.1 Å². The summed E-state index contributed by atoms with van der Waals surface area (Å²) >= 11 is 9.49. The van der Waals surface area contributed by atoms with Gasteiger partial charge in [-0.1, -0.05) is 35.0 Å². The zero-order valence-electron chi connectivity index (χ0n) is 11.2. The van der Waals surface area contributed by atoms with Crippen LogP contribution >= 0.6 is 50.8 Å². The van der Waals surface area contributed by atoms with Crippen molar-refractivity contribution >= 4 is 50.8 Å². The largest absolute Gasteiger partial charge is 0.240 e. The van der Waals surface area contributed by atoms with Gasteiger partial charge in [0.15, 0.2) is 0 Å². The van der Waals surface area contributed by atoms with Gasteiger partial charge in [-0.15, -0.1) is 23.1 Å². The number of thioether (sulfide) groups is 2. The summed E-state index contributed by atoms with van der Waals surface area (Å²) in [6.45, 7) is 2.29. The second-order valence-corrected chi connectivity index (χ2v) is 9.09. The molecule has 1 aromatic heterocycles. The number of aromatic nitrogens is 1. The van der Waals surface area contributed by atoms with Gasteiger partial charge < -0.3 is 0 Å². The first-order chi connectivity index (χ1) is 9.78. The summed E-state index contributed by atoms with van der Waals surface area (Å²) in [4.78, 5) is 4.90. The summed E-state index contributed by atoms with van der Waals surface area (Å²) in [5.41, 5.74) is 2.32. The second-order valence-electron chi connectivity index (χ2n) is 4.69. The molecule has 0 aliphatic carbocycles. The summed E-state index contributed by atoms with van der Waals surface area (Å²) in [6.07, 6.45) is 1.23. The van der Waals surface area contributed by atoms with Gasteiger partial charge >= 0.3 is 0 Å². The van der Waals surface area contributed by atoms with Crippen LogP contribution in [0.5, 0.6) is 0 Å². The van der Waals surface area contributed by atoms with Gasteiger partial charge in [0.05, 0.1) is 10.9 Å². The Hall–Kier alpha value is 0.0300. The fourth-order valence-corrected chi connectivity index (χ4v) is 6.83. The highest BCUT2D eigenvalue weighted by Crippen LogP contribution is 2.45. The lowest BCUT2D eigenvalue weighted by molar-refractivity contribution is 0.789. The van der Waals surface area contributed by atoms with Gasteiger partial charge in [-0.05, 0) is 18.6 Å². The highest BCUT2D eigenvalue weighted by atomic mass is 79.9. The van der Waals surface area contributed by atoms with Crippen LogP contribution in [0.3, 0.4) is 0 Å². The third-order valence-corrected chi connectivity index (χ3v) is 8.22. The maximum Gasteiger partial charge on any atom is 0.107 e. The fourth-order valence-electron chi connectivity index (χ4n) is 2.30. The van der Waals surface area contributed by atoms with Crippen molar-refractivity contribution in [3.8, 4) is 11.3 Å². The van der Waals surface area contributed by atoms with Gasteiger partial charge in [0.2, 0.25) is 0 Å². The van der Waals surface area contributed by atoms with Crippen LogP contribution in [0.25, 0.3) is 11.3 Å². The van der Waals surface area contributed by atoms with Gasteiger partial charge in [-0.3, -0.25) is 0 Å². The maximum atomic E-state index is 4.90. The predicted molar refractivity (Wildman–Crippen MR) is 97.0 cm³/mol. The molecule has 1 aromatic carbocycles. The quantitative estimate of drug-likeness (QED) is 0.655. The van der Waals surface area contributed by atoms with Crippen molar-refractivity contribution in [1.29, 1.82) is 0 Å². The van der Waals surface area contributed by atoms with E-state index in [1.54, 1.807) is 0 Å². The van der Waals surface area contributed by atoms with Crippen molar-refractivity contribution in [3.63, 3.8) is 0 Å². The zero-order chi connectivity index (χ0) is 13.9. The van der Waals surface area contributed by atoms with E-state index in [9.17, 15) is 0 Å². The van der Waals surface area contributed by atoms with E-state index in [1.807, 2.05) is 11.3 Å².